The van der Waals surface area contributed by atoms with Crippen molar-refractivity contribution >= 4 is 26.6 Å². The highest BCUT2D eigenvalue weighted by molar-refractivity contribution is 7.91. The van der Waals surface area contributed by atoms with E-state index in [1.54, 1.807) is 18.3 Å². The van der Waals surface area contributed by atoms with Gasteiger partial charge in [-0.25, -0.2) is 18.4 Å². The first-order valence-electron chi connectivity index (χ1n) is 8.94. The van der Waals surface area contributed by atoms with Crippen molar-refractivity contribution in [1.82, 2.24) is 20.6 Å². The number of benzene rings is 1. The van der Waals surface area contributed by atoms with Crippen LogP contribution in [0.1, 0.15) is 36.0 Å². The Balaban J connectivity index is 1.68. The summed E-state index contributed by atoms with van der Waals surface area (Å²) in [4.78, 5) is 20.7. The van der Waals surface area contributed by atoms with E-state index >= 15 is 0 Å². The fourth-order valence-electron chi connectivity index (χ4n) is 3.32. The number of amides is 1. The maximum Gasteiger partial charge on any atom is 0.253 e. The zero-order valence-corrected chi connectivity index (χ0v) is 15.9. The Labute approximate surface area is 158 Å². The maximum absolute atomic E-state index is 12.6. The molecule has 1 aromatic heterocycles. The van der Waals surface area contributed by atoms with E-state index in [1.807, 2.05) is 6.07 Å². The third-order valence-corrected chi connectivity index (χ3v) is 6.20. The number of sulfone groups is 1. The Kier molecular flexibility index (Phi) is 6.03. The summed E-state index contributed by atoms with van der Waals surface area (Å²) in [6, 6.07) is 5.20. The predicted molar refractivity (Wildman–Crippen MR) is 102 cm³/mol. The molecule has 1 amide bonds. The van der Waals surface area contributed by atoms with Gasteiger partial charge in [0.15, 0.2) is 9.84 Å². The van der Waals surface area contributed by atoms with Crippen LogP contribution in [0.5, 0.6) is 0 Å². The minimum absolute atomic E-state index is 0.00956. The predicted octanol–water partition coefficient (Wildman–Crippen LogP) is 0.623. The van der Waals surface area contributed by atoms with Gasteiger partial charge < -0.3 is 10.4 Å². The Bertz CT molecular complexity index is 905. The number of aliphatic hydroxyl groups is 1. The molecule has 0 saturated heterocycles. The number of nitrogens with one attached hydrogen (secondary N) is 2. The highest BCUT2D eigenvalue weighted by Gasteiger charge is 2.27. The summed E-state index contributed by atoms with van der Waals surface area (Å²) < 4.78 is 24.3. The quantitative estimate of drug-likeness (QED) is 0.659. The number of carbonyl (C=O) groups excluding carboxylic acids is 1. The Morgan fingerprint density at radius 3 is 2.74 bits per heavy atom. The fourth-order valence-corrected chi connectivity index (χ4v) is 4.14. The van der Waals surface area contributed by atoms with Gasteiger partial charge in [0.05, 0.1) is 17.2 Å². The lowest BCUT2D eigenvalue weighted by Gasteiger charge is -2.29. The fraction of sp³-hybridized carbons (Fsp3) is 0.500. The number of para-hydroxylation sites is 1. The summed E-state index contributed by atoms with van der Waals surface area (Å²) in [6.07, 6.45) is 6.55. The van der Waals surface area contributed by atoms with E-state index in [0.29, 0.717) is 36.8 Å². The van der Waals surface area contributed by atoms with Gasteiger partial charge in [0.25, 0.3) is 5.91 Å². The van der Waals surface area contributed by atoms with Crippen LogP contribution in [0.4, 0.5) is 0 Å². The summed E-state index contributed by atoms with van der Waals surface area (Å²) in [7, 11) is -3.41. The molecule has 1 aromatic carbocycles. The highest BCUT2D eigenvalue weighted by Crippen LogP contribution is 2.19. The molecular formula is C18H24N4O4S. The van der Waals surface area contributed by atoms with Crippen LogP contribution in [0.3, 0.4) is 0 Å². The second kappa shape index (κ2) is 8.28. The molecule has 1 aliphatic carbocycles. The first kappa shape index (κ1) is 19.7. The van der Waals surface area contributed by atoms with Crippen molar-refractivity contribution in [2.45, 2.75) is 43.2 Å². The van der Waals surface area contributed by atoms with Gasteiger partial charge in [-0.3, -0.25) is 10.1 Å². The second-order valence-corrected chi connectivity index (χ2v) is 9.19. The molecule has 9 heteroatoms. The van der Waals surface area contributed by atoms with E-state index in [1.165, 1.54) is 6.33 Å². The first-order chi connectivity index (χ1) is 12.8. The molecule has 2 aromatic rings. The van der Waals surface area contributed by atoms with Crippen molar-refractivity contribution in [2.24, 2.45) is 0 Å². The van der Waals surface area contributed by atoms with E-state index in [-0.39, 0.29) is 24.6 Å². The molecule has 0 radical (unpaired) electrons. The van der Waals surface area contributed by atoms with Crippen LogP contribution in [-0.2, 0) is 9.84 Å². The van der Waals surface area contributed by atoms with E-state index in [2.05, 4.69) is 20.6 Å². The van der Waals surface area contributed by atoms with Gasteiger partial charge in [0.2, 0.25) is 0 Å². The van der Waals surface area contributed by atoms with Crippen molar-refractivity contribution in [3.63, 3.8) is 0 Å². The van der Waals surface area contributed by atoms with Crippen LogP contribution < -0.4 is 10.6 Å². The van der Waals surface area contributed by atoms with Crippen LogP contribution in [-0.4, -0.2) is 59.7 Å². The van der Waals surface area contributed by atoms with Crippen molar-refractivity contribution in [2.75, 3.05) is 12.8 Å². The molecule has 146 valence electrons. The molecule has 0 aliphatic heterocycles. The molecule has 0 spiro atoms. The minimum Gasteiger partial charge on any atom is -0.393 e. The van der Waals surface area contributed by atoms with Crippen molar-refractivity contribution in [3.8, 4) is 0 Å². The number of fused-ring (bicyclic) bond motifs is 1. The van der Waals surface area contributed by atoms with Crippen molar-refractivity contribution in [3.05, 3.63) is 36.3 Å². The maximum atomic E-state index is 12.6. The summed E-state index contributed by atoms with van der Waals surface area (Å²) >= 11 is 0. The van der Waals surface area contributed by atoms with Crippen LogP contribution in [0.25, 0.3) is 10.9 Å². The standard InChI is InChI=1S/C18H24N4O4S/c1-27(25,26)16(22-13-5-7-14(23)8-6-13)10-20-18(24)15-4-2-3-12-9-19-11-21-17(12)15/h2-4,9,11,13-14,16,22-23H,5-8,10H2,1H3,(H,20,24). The second-order valence-electron chi connectivity index (χ2n) is 6.97. The van der Waals surface area contributed by atoms with Gasteiger partial charge in [-0.15, -0.1) is 0 Å². The Morgan fingerprint density at radius 2 is 2.04 bits per heavy atom. The monoisotopic (exact) mass is 392 g/mol. The lowest BCUT2D eigenvalue weighted by atomic mass is 9.93. The molecule has 1 heterocycles. The molecule has 3 rings (SSSR count). The Morgan fingerprint density at radius 1 is 1.30 bits per heavy atom. The van der Waals surface area contributed by atoms with Gasteiger partial charge in [-0.05, 0) is 31.7 Å². The number of nitrogens with zero attached hydrogens (tertiary/aromatic N) is 2. The summed E-state index contributed by atoms with van der Waals surface area (Å²) in [5.74, 6) is -0.381. The number of carbonyl (C=O) groups is 1. The van der Waals surface area contributed by atoms with E-state index in [9.17, 15) is 18.3 Å². The van der Waals surface area contributed by atoms with Gasteiger partial charge in [-0.1, -0.05) is 12.1 Å². The van der Waals surface area contributed by atoms with Gasteiger partial charge in [0.1, 0.15) is 11.7 Å². The molecule has 1 unspecified atom stereocenters. The van der Waals surface area contributed by atoms with Crippen molar-refractivity contribution < 1.29 is 18.3 Å². The van der Waals surface area contributed by atoms with E-state index in [0.717, 1.165) is 11.6 Å². The molecule has 1 saturated carbocycles. The number of rotatable bonds is 6. The smallest absolute Gasteiger partial charge is 0.253 e. The molecule has 1 atom stereocenters. The Hall–Kier alpha value is -2.10. The molecule has 8 nitrogen and oxygen atoms in total. The number of aromatic nitrogens is 2. The molecule has 1 aliphatic rings. The van der Waals surface area contributed by atoms with Crippen LogP contribution in [0, 0.1) is 0 Å². The van der Waals surface area contributed by atoms with Crippen LogP contribution >= 0.6 is 0 Å². The largest absolute Gasteiger partial charge is 0.393 e. The summed E-state index contributed by atoms with van der Waals surface area (Å²) in [6.45, 7) is -0.0435. The number of hydrogen-bond donors (Lipinski definition) is 3. The average molecular weight is 392 g/mol. The molecule has 27 heavy (non-hydrogen) atoms. The average Bonchev–Trinajstić information content (AvgIpc) is 2.65. The zero-order chi connectivity index (χ0) is 19.4. The number of aliphatic hydroxyl groups excluding tert-OH is 1. The lowest BCUT2D eigenvalue weighted by molar-refractivity contribution is 0.0951. The van der Waals surface area contributed by atoms with Crippen LogP contribution in [0.2, 0.25) is 0 Å². The summed E-state index contributed by atoms with van der Waals surface area (Å²) in [5, 5.41) is 15.3. The zero-order valence-electron chi connectivity index (χ0n) is 15.1. The lowest BCUT2D eigenvalue weighted by Crippen LogP contribution is -2.50. The van der Waals surface area contributed by atoms with Crippen molar-refractivity contribution in [1.29, 1.82) is 0 Å². The van der Waals surface area contributed by atoms with Crippen LogP contribution in [0.15, 0.2) is 30.7 Å². The SMILES string of the molecule is CS(=O)(=O)C(CNC(=O)c1cccc2cncnc12)NC1CCC(O)CC1. The number of hydrogen-bond acceptors (Lipinski definition) is 7. The van der Waals surface area contributed by atoms with Gasteiger partial charge in [-0.2, -0.15) is 0 Å². The molecule has 1 fully saturated rings. The first-order valence-corrected chi connectivity index (χ1v) is 10.9. The molecular weight excluding hydrogens is 368 g/mol. The third kappa shape index (κ3) is 5.00. The normalized spacial score (nSPS) is 21.7. The molecule has 0 bridgehead atoms. The van der Waals surface area contributed by atoms with E-state index < -0.39 is 15.2 Å². The molecule has 3 N–H and O–H groups in total. The van der Waals surface area contributed by atoms with Gasteiger partial charge >= 0.3 is 0 Å². The highest BCUT2D eigenvalue weighted by atomic mass is 32.2. The minimum atomic E-state index is -3.41. The van der Waals surface area contributed by atoms with Gasteiger partial charge in [0, 0.05) is 30.4 Å². The third-order valence-electron chi connectivity index (χ3n) is 4.86. The summed E-state index contributed by atoms with van der Waals surface area (Å²) in [5.41, 5.74) is 0.901. The topological polar surface area (TPSA) is 121 Å². The van der Waals surface area contributed by atoms with E-state index in [4.69, 9.17) is 0 Å².